The maximum atomic E-state index is 12.0. The van der Waals surface area contributed by atoms with Crippen LogP contribution in [0.1, 0.15) is 63.5 Å². The van der Waals surface area contributed by atoms with Crippen molar-refractivity contribution >= 4 is 35.3 Å². The van der Waals surface area contributed by atoms with E-state index in [-0.39, 0.29) is 34.9 Å². The Balaban J connectivity index is 1.53. The summed E-state index contributed by atoms with van der Waals surface area (Å²) in [4.78, 5) is 24.0. The molecule has 3 rings (SSSR count). The van der Waals surface area contributed by atoms with Gasteiger partial charge in [-0.15, -0.1) is 23.5 Å². The third-order valence-electron chi connectivity index (χ3n) is 5.43. The highest BCUT2D eigenvalue weighted by molar-refractivity contribution is 7.99. The lowest BCUT2D eigenvalue weighted by molar-refractivity contribution is -0.124. The van der Waals surface area contributed by atoms with Crippen LogP contribution < -0.4 is 21.3 Å². The molecule has 6 nitrogen and oxygen atoms in total. The van der Waals surface area contributed by atoms with Gasteiger partial charge in [-0.2, -0.15) is 0 Å². The summed E-state index contributed by atoms with van der Waals surface area (Å²) < 4.78 is 0. The van der Waals surface area contributed by atoms with E-state index in [1.807, 2.05) is 0 Å². The number of carbonyl (C=O) groups excluding carboxylic acids is 2. The summed E-state index contributed by atoms with van der Waals surface area (Å²) >= 11 is 3.46. The molecule has 2 saturated heterocycles. The Labute approximate surface area is 188 Å². The number of hydrogen-bond donors (Lipinski definition) is 4. The monoisotopic (exact) mass is 450 g/mol. The van der Waals surface area contributed by atoms with Gasteiger partial charge in [0.05, 0.1) is 0 Å². The molecule has 2 aliphatic rings. The van der Waals surface area contributed by atoms with E-state index >= 15 is 0 Å². The summed E-state index contributed by atoms with van der Waals surface area (Å²) in [6, 6.07) is 8.98. The second-order valence-electron chi connectivity index (χ2n) is 8.00. The zero-order chi connectivity index (χ0) is 21.3. The minimum Gasteiger partial charge on any atom is -0.332 e. The van der Waals surface area contributed by atoms with Crippen LogP contribution in [0.4, 0.5) is 0 Å². The van der Waals surface area contributed by atoms with E-state index in [2.05, 4.69) is 59.4 Å². The van der Waals surface area contributed by atoms with Crippen LogP contribution in [-0.2, 0) is 21.1 Å². The Bertz CT molecular complexity index is 659. The molecular formula is C22H34N4O2S2. The summed E-state index contributed by atoms with van der Waals surface area (Å²) in [6.07, 6.45) is 5.34. The largest absolute Gasteiger partial charge is 0.332 e. The number of benzene rings is 1. The van der Waals surface area contributed by atoms with Gasteiger partial charge < -0.3 is 10.6 Å². The van der Waals surface area contributed by atoms with E-state index in [4.69, 9.17) is 0 Å². The first-order chi connectivity index (χ1) is 14.6. The maximum Gasteiger partial charge on any atom is 0.223 e. The van der Waals surface area contributed by atoms with Crippen molar-refractivity contribution < 1.29 is 9.59 Å². The van der Waals surface area contributed by atoms with Crippen LogP contribution in [0, 0.1) is 0 Å². The Morgan fingerprint density at radius 1 is 0.800 bits per heavy atom. The van der Waals surface area contributed by atoms with Crippen molar-refractivity contribution in [1.29, 1.82) is 0 Å². The van der Waals surface area contributed by atoms with Crippen molar-refractivity contribution in [2.45, 2.75) is 87.0 Å². The number of amides is 2. The fourth-order valence-electron chi connectivity index (χ4n) is 3.92. The predicted molar refractivity (Wildman–Crippen MR) is 126 cm³/mol. The van der Waals surface area contributed by atoms with Crippen molar-refractivity contribution in [3.05, 3.63) is 35.4 Å². The summed E-state index contributed by atoms with van der Waals surface area (Å²) in [5.74, 6) is 1.93. The topological polar surface area (TPSA) is 82.3 Å². The average Bonchev–Trinajstić information content (AvgIpc) is 2.71. The summed E-state index contributed by atoms with van der Waals surface area (Å²) in [7, 11) is 0. The van der Waals surface area contributed by atoms with Crippen LogP contribution in [0.5, 0.6) is 0 Å². The van der Waals surface area contributed by atoms with E-state index in [0.717, 1.165) is 37.2 Å². The van der Waals surface area contributed by atoms with Gasteiger partial charge in [-0.3, -0.25) is 20.2 Å². The smallest absolute Gasteiger partial charge is 0.223 e. The molecule has 0 spiro atoms. The molecule has 2 aliphatic heterocycles. The van der Waals surface area contributed by atoms with Crippen molar-refractivity contribution in [2.24, 2.45) is 0 Å². The van der Waals surface area contributed by atoms with Crippen LogP contribution in [0.2, 0.25) is 0 Å². The molecule has 30 heavy (non-hydrogen) atoms. The molecular weight excluding hydrogens is 416 g/mol. The number of rotatable bonds is 10. The Morgan fingerprint density at radius 2 is 1.23 bits per heavy atom. The lowest BCUT2D eigenvalue weighted by Crippen LogP contribution is -2.54. The van der Waals surface area contributed by atoms with E-state index < -0.39 is 0 Å². The molecule has 166 valence electrons. The Kier molecular flexibility index (Phi) is 9.36. The van der Waals surface area contributed by atoms with Gasteiger partial charge in [0.2, 0.25) is 11.8 Å². The van der Waals surface area contributed by atoms with Crippen LogP contribution >= 0.6 is 23.5 Å². The highest BCUT2D eigenvalue weighted by Gasteiger charge is 2.26. The number of hydrogen-bond acceptors (Lipinski definition) is 6. The summed E-state index contributed by atoms with van der Waals surface area (Å²) in [5, 5.41) is 13.2. The van der Waals surface area contributed by atoms with Crippen molar-refractivity contribution in [3.8, 4) is 0 Å². The second kappa shape index (κ2) is 12.0. The van der Waals surface area contributed by atoms with Gasteiger partial charge in [-0.25, -0.2) is 0 Å². The first-order valence-corrected chi connectivity index (χ1v) is 13.1. The molecule has 4 N–H and O–H groups in total. The zero-order valence-electron chi connectivity index (χ0n) is 17.9. The van der Waals surface area contributed by atoms with Gasteiger partial charge in [0.1, 0.15) is 11.0 Å². The molecule has 1 aromatic carbocycles. The van der Waals surface area contributed by atoms with Gasteiger partial charge in [-0.1, -0.05) is 51.0 Å². The molecule has 8 heteroatoms. The number of nitrogens with one attached hydrogen (secondary N) is 4. The first-order valence-electron chi connectivity index (χ1n) is 11.0. The predicted octanol–water partition coefficient (Wildman–Crippen LogP) is 3.28. The number of thioether (sulfide) groups is 2. The molecule has 4 atom stereocenters. The minimum atomic E-state index is -0.0439. The third kappa shape index (κ3) is 7.18. The average molecular weight is 451 g/mol. The number of carbonyl (C=O) groups is 2. The molecule has 0 aromatic heterocycles. The molecule has 2 amide bonds. The van der Waals surface area contributed by atoms with Gasteiger partial charge >= 0.3 is 0 Å². The standard InChI is InChI=1S/C22H34N4O2S2/c1-3-7-17-11-19(27)25-21(23-17)29-13-15-9-5-6-10-16(15)14-30-22-24-18(8-4-2)12-20(28)26-22/h5-6,9-10,17-18,21-24H,3-4,7-8,11-14H2,1-2H3,(H,25,27)(H,26,28). The zero-order valence-corrected chi connectivity index (χ0v) is 19.5. The molecule has 0 bridgehead atoms. The molecule has 0 aliphatic carbocycles. The van der Waals surface area contributed by atoms with Crippen molar-refractivity contribution in [2.75, 3.05) is 0 Å². The van der Waals surface area contributed by atoms with Crippen LogP contribution in [0.15, 0.2) is 24.3 Å². The quantitative estimate of drug-likeness (QED) is 0.438. The van der Waals surface area contributed by atoms with Crippen LogP contribution in [0.25, 0.3) is 0 Å². The normalized spacial score (nSPS) is 26.9. The highest BCUT2D eigenvalue weighted by Crippen LogP contribution is 2.26. The van der Waals surface area contributed by atoms with Gasteiger partial charge in [0.25, 0.3) is 0 Å². The van der Waals surface area contributed by atoms with E-state index in [1.165, 1.54) is 11.1 Å². The highest BCUT2D eigenvalue weighted by atomic mass is 32.2. The summed E-state index contributed by atoms with van der Waals surface area (Å²) in [6.45, 7) is 4.30. The van der Waals surface area contributed by atoms with E-state index in [1.54, 1.807) is 23.5 Å². The van der Waals surface area contributed by atoms with Crippen LogP contribution in [0.3, 0.4) is 0 Å². The molecule has 0 saturated carbocycles. The van der Waals surface area contributed by atoms with E-state index in [0.29, 0.717) is 12.8 Å². The minimum absolute atomic E-state index is 0.0439. The molecule has 0 radical (unpaired) electrons. The lowest BCUT2D eigenvalue weighted by Gasteiger charge is -2.32. The SMILES string of the molecule is CCCC1CC(=O)NC(SCc2ccccc2CSC2NC(=O)CC(CCC)N2)N1. The molecule has 2 fully saturated rings. The van der Waals surface area contributed by atoms with Crippen LogP contribution in [-0.4, -0.2) is 34.9 Å². The first kappa shape index (κ1) is 23.4. The van der Waals surface area contributed by atoms with Gasteiger partial charge in [0.15, 0.2) is 0 Å². The fraction of sp³-hybridized carbons (Fsp3) is 0.636. The fourth-order valence-corrected chi connectivity index (χ4v) is 6.18. The lowest BCUT2D eigenvalue weighted by atomic mass is 10.1. The molecule has 1 aromatic rings. The van der Waals surface area contributed by atoms with Crippen molar-refractivity contribution in [1.82, 2.24) is 21.3 Å². The van der Waals surface area contributed by atoms with Gasteiger partial charge in [-0.05, 0) is 24.0 Å². The van der Waals surface area contributed by atoms with E-state index in [9.17, 15) is 9.59 Å². The maximum absolute atomic E-state index is 12.0. The van der Waals surface area contributed by atoms with Gasteiger partial charge in [0, 0.05) is 36.4 Å². The Hall–Kier alpha value is -1.22. The third-order valence-corrected chi connectivity index (χ3v) is 7.56. The Morgan fingerprint density at radius 3 is 1.63 bits per heavy atom. The molecule has 4 unspecified atom stereocenters. The summed E-state index contributed by atoms with van der Waals surface area (Å²) in [5.41, 5.74) is 2.46. The molecule has 2 heterocycles. The second-order valence-corrected chi connectivity index (χ2v) is 10.2. The van der Waals surface area contributed by atoms with Crippen molar-refractivity contribution in [3.63, 3.8) is 0 Å².